The van der Waals surface area contributed by atoms with E-state index in [0.29, 0.717) is 27.7 Å². The minimum absolute atomic E-state index is 0.286. The van der Waals surface area contributed by atoms with Crippen LogP contribution in [0.2, 0.25) is 5.02 Å². The van der Waals surface area contributed by atoms with Gasteiger partial charge in [-0.05, 0) is 36.4 Å². The molecule has 0 atom stereocenters. The number of ether oxygens (including phenoxy) is 1. The van der Waals surface area contributed by atoms with Crippen LogP contribution >= 0.6 is 11.6 Å². The Morgan fingerprint density at radius 3 is 2.76 bits per heavy atom. The van der Waals surface area contributed by atoms with Crippen LogP contribution in [0.3, 0.4) is 0 Å². The quantitative estimate of drug-likeness (QED) is 0.853. The predicted molar refractivity (Wildman–Crippen MR) is 81.5 cm³/mol. The number of nitrogens with two attached hydrogens (primary N) is 1. The molecule has 3 N–H and O–H groups in total. The molecule has 0 aliphatic rings. The lowest BCUT2D eigenvalue weighted by molar-refractivity contribution is 0.102. The van der Waals surface area contributed by atoms with Gasteiger partial charge in [0, 0.05) is 11.4 Å². The number of nitriles is 1. The largest absolute Gasteiger partial charge is 0.496 e. The molecule has 0 aromatic heterocycles. The fraction of sp³-hybridized carbons (Fsp3) is 0.0667. The van der Waals surface area contributed by atoms with Crippen molar-refractivity contribution >= 4 is 28.9 Å². The van der Waals surface area contributed by atoms with E-state index in [1.807, 2.05) is 6.07 Å². The molecule has 0 unspecified atom stereocenters. The summed E-state index contributed by atoms with van der Waals surface area (Å²) in [6.07, 6.45) is 0. The molecule has 5 nitrogen and oxygen atoms in total. The van der Waals surface area contributed by atoms with Crippen molar-refractivity contribution < 1.29 is 9.53 Å². The standard InChI is InChI=1S/C15H12ClN3O2/c1-21-14-5-2-10(18)7-12(14)15(20)19-11-3-4-13(16)9(6-11)8-17/h2-7H,18H2,1H3,(H,19,20). The average Bonchev–Trinajstić information content (AvgIpc) is 2.49. The molecule has 0 radical (unpaired) electrons. The van der Waals surface area contributed by atoms with Crippen LogP contribution < -0.4 is 15.8 Å². The number of rotatable bonds is 3. The molecule has 21 heavy (non-hydrogen) atoms. The first-order valence-corrected chi connectivity index (χ1v) is 6.37. The van der Waals surface area contributed by atoms with Crippen LogP contribution in [0.25, 0.3) is 0 Å². The van der Waals surface area contributed by atoms with Crippen LogP contribution in [0.15, 0.2) is 36.4 Å². The van der Waals surface area contributed by atoms with Gasteiger partial charge >= 0.3 is 0 Å². The van der Waals surface area contributed by atoms with E-state index in [1.165, 1.54) is 19.2 Å². The Morgan fingerprint density at radius 1 is 1.33 bits per heavy atom. The number of nitrogen functional groups attached to an aromatic ring is 1. The molecule has 0 spiro atoms. The first-order chi connectivity index (χ1) is 10.0. The minimum Gasteiger partial charge on any atom is -0.496 e. The number of hydrogen-bond acceptors (Lipinski definition) is 4. The number of nitrogens with zero attached hydrogens (tertiary/aromatic N) is 1. The highest BCUT2D eigenvalue weighted by atomic mass is 35.5. The normalized spacial score (nSPS) is 9.76. The molecule has 0 aliphatic heterocycles. The van der Waals surface area contributed by atoms with E-state index in [4.69, 9.17) is 27.3 Å². The molecule has 2 rings (SSSR count). The Kier molecular flexibility index (Phi) is 4.31. The topological polar surface area (TPSA) is 88.1 Å². The summed E-state index contributed by atoms with van der Waals surface area (Å²) in [5.41, 5.74) is 7.20. The van der Waals surface area contributed by atoms with Gasteiger partial charge in [-0.2, -0.15) is 5.26 Å². The predicted octanol–water partition coefficient (Wildman–Crippen LogP) is 3.05. The third-order valence-corrected chi connectivity index (χ3v) is 3.14. The number of carbonyl (C=O) groups is 1. The lowest BCUT2D eigenvalue weighted by Crippen LogP contribution is -2.13. The minimum atomic E-state index is -0.384. The van der Waals surface area contributed by atoms with Crippen molar-refractivity contribution in [1.82, 2.24) is 0 Å². The second-order valence-corrected chi connectivity index (χ2v) is 4.63. The Balaban J connectivity index is 2.30. The number of benzene rings is 2. The van der Waals surface area contributed by atoms with Crippen LogP contribution in [-0.2, 0) is 0 Å². The van der Waals surface area contributed by atoms with Crippen molar-refractivity contribution in [3.05, 3.63) is 52.5 Å². The Labute approximate surface area is 126 Å². The summed E-state index contributed by atoms with van der Waals surface area (Å²) in [7, 11) is 1.47. The van der Waals surface area contributed by atoms with Crippen molar-refractivity contribution in [3.8, 4) is 11.8 Å². The summed E-state index contributed by atoms with van der Waals surface area (Å²) in [6.45, 7) is 0. The van der Waals surface area contributed by atoms with Crippen LogP contribution in [0, 0.1) is 11.3 Å². The van der Waals surface area contributed by atoms with Gasteiger partial charge < -0.3 is 15.8 Å². The fourth-order valence-corrected chi connectivity index (χ4v) is 1.95. The number of hydrogen-bond donors (Lipinski definition) is 2. The third-order valence-electron chi connectivity index (χ3n) is 2.81. The molecule has 0 aliphatic carbocycles. The van der Waals surface area contributed by atoms with Gasteiger partial charge in [0.2, 0.25) is 0 Å². The SMILES string of the molecule is COc1ccc(N)cc1C(=O)Nc1ccc(Cl)c(C#N)c1. The number of anilines is 2. The zero-order chi connectivity index (χ0) is 15.4. The van der Waals surface area contributed by atoms with Crippen LogP contribution in [0.5, 0.6) is 5.75 Å². The van der Waals surface area contributed by atoms with Gasteiger partial charge in [0.1, 0.15) is 11.8 Å². The van der Waals surface area contributed by atoms with E-state index < -0.39 is 0 Å². The summed E-state index contributed by atoms with van der Waals surface area (Å²) < 4.78 is 5.13. The van der Waals surface area contributed by atoms with Crippen LogP contribution in [0.1, 0.15) is 15.9 Å². The smallest absolute Gasteiger partial charge is 0.259 e. The molecular formula is C15H12ClN3O2. The summed E-state index contributed by atoms with van der Waals surface area (Å²) in [6, 6.07) is 11.4. The zero-order valence-electron chi connectivity index (χ0n) is 11.2. The van der Waals surface area contributed by atoms with E-state index in [9.17, 15) is 4.79 Å². The van der Waals surface area contributed by atoms with Crippen LogP contribution in [-0.4, -0.2) is 13.0 Å². The number of methoxy groups -OCH3 is 1. The molecule has 0 heterocycles. The van der Waals surface area contributed by atoms with E-state index in [-0.39, 0.29) is 11.5 Å². The molecule has 0 saturated carbocycles. The second-order valence-electron chi connectivity index (χ2n) is 4.22. The number of carbonyl (C=O) groups excluding carboxylic acids is 1. The first-order valence-electron chi connectivity index (χ1n) is 5.99. The van der Waals surface area contributed by atoms with Crippen molar-refractivity contribution in [2.24, 2.45) is 0 Å². The van der Waals surface area contributed by atoms with Gasteiger partial charge in [0.25, 0.3) is 5.91 Å². The monoisotopic (exact) mass is 301 g/mol. The Hall–Kier alpha value is -2.71. The molecule has 0 saturated heterocycles. The molecule has 2 aromatic carbocycles. The molecule has 6 heteroatoms. The molecule has 1 amide bonds. The number of halogens is 1. The maximum absolute atomic E-state index is 12.3. The Bertz CT molecular complexity index is 738. The third kappa shape index (κ3) is 3.25. The van der Waals surface area contributed by atoms with E-state index in [2.05, 4.69) is 5.32 Å². The lowest BCUT2D eigenvalue weighted by atomic mass is 10.1. The highest BCUT2D eigenvalue weighted by Crippen LogP contribution is 2.24. The van der Waals surface area contributed by atoms with E-state index in [0.717, 1.165) is 0 Å². The van der Waals surface area contributed by atoms with Gasteiger partial charge in [-0.1, -0.05) is 11.6 Å². The lowest BCUT2D eigenvalue weighted by Gasteiger charge is -2.10. The summed E-state index contributed by atoms with van der Waals surface area (Å²) in [5.74, 6) is 0.0292. The molecule has 0 bridgehead atoms. The van der Waals surface area contributed by atoms with Gasteiger partial charge in [-0.3, -0.25) is 4.79 Å². The Morgan fingerprint density at radius 2 is 2.10 bits per heavy atom. The van der Waals surface area contributed by atoms with Gasteiger partial charge in [0.05, 0.1) is 23.3 Å². The second kappa shape index (κ2) is 6.16. The molecule has 2 aromatic rings. The summed E-state index contributed by atoms with van der Waals surface area (Å²) >= 11 is 5.85. The maximum atomic E-state index is 12.3. The van der Waals surface area contributed by atoms with Crippen molar-refractivity contribution in [2.45, 2.75) is 0 Å². The first kappa shape index (κ1) is 14.7. The van der Waals surface area contributed by atoms with E-state index >= 15 is 0 Å². The highest BCUT2D eigenvalue weighted by Gasteiger charge is 2.13. The number of amides is 1. The zero-order valence-corrected chi connectivity index (χ0v) is 11.9. The van der Waals surface area contributed by atoms with E-state index in [1.54, 1.807) is 24.3 Å². The summed E-state index contributed by atoms with van der Waals surface area (Å²) in [5, 5.41) is 11.9. The summed E-state index contributed by atoms with van der Waals surface area (Å²) in [4.78, 5) is 12.3. The van der Waals surface area contributed by atoms with Crippen LogP contribution in [0.4, 0.5) is 11.4 Å². The van der Waals surface area contributed by atoms with Crippen molar-refractivity contribution in [3.63, 3.8) is 0 Å². The number of nitrogens with one attached hydrogen (secondary N) is 1. The van der Waals surface area contributed by atoms with Gasteiger partial charge in [-0.15, -0.1) is 0 Å². The molecule has 0 fully saturated rings. The maximum Gasteiger partial charge on any atom is 0.259 e. The highest BCUT2D eigenvalue weighted by molar-refractivity contribution is 6.31. The van der Waals surface area contributed by atoms with Gasteiger partial charge in [-0.25, -0.2) is 0 Å². The molecule has 106 valence electrons. The molecular weight excluding hydrogens is 290 g/mol. The average molecular weight is 302 g/mol. The van der Waals surface area contributed by atoms with Gasteiger partial charge in [0.15, 0.2) is 0 Å². The van der Waals surface area contributed by atoms with Crippen molar-refractivity contribution in [2.75, 3.05) is 18.2 Å². The fourth-order valence-electron chi connectivity index (χ4n) is 1.79. The van der Waals surface area contributed by atoms with Crippen molar-refractivity contribution in [1.29, 1.82) is 5.26 Å².